The fourth-order valence-electron chi connectivity index (χ4n) is 1.73. The van der Waals surface area contributed by atoms with Crippen LogP contribution in [0.2, 0.25) is 0 Å². The summed E-state index contributed by atoms with van der Waals surface area (Å²) in [6, 6.07) is 9.60. The normalized spacial score (nSPS) is 11.8. The van der Waals surface area contributed by atoms with E-state index in [9.17, 15) is 9.18 Å². The number of thiophene rings is 1. The molecule has 0 amide bonds. The number of rotatable bonds is 3. The van der Waals surface area contributed by atoms with E-state index in [2.05, 4.69) is 0 Å². The monoisotopic (exact) mass is 259 g/mol. The predicted octanol–water partition coefficient (Wildman–Crippen LogP) is 3.69. The topological polar surface area (TPSA) is 40.9 Å². The van der Waals surface area contributed by atoms with Gasteiger partial charge in [0.1, 0.15) is 11.7 Å². The SMILES string of the molecule is Cc1ccsc1C(=O)C(C#N)c1ccccc1F. The predicted molar refractivity (Wildman–Crippen MR) is 68.1 cm³/mol. The minimum atomic E-state index is -1.08. The van der Waals surface area contributed by atoms with E-state index >= 15 is 0 Å². The molecule has 0 radical (unpaired) electrons. The smallest absolute Gasteiger partial charge is 0.194 e. The van der Waals surface area contributed by atoms with E-state index < -0.39 is 11.7 Å². The van der Waals surface area contributed by atoms with Gasteiger partial charge in [-0.3, -0.25) is 4.79 Å². The van der Waals surface area contributed by atoms with Crippen molar-refractivity contribution >= 4 is 17.1 Å². The maximum Gasteiger partial charge on any atom is 0.194 e. The maximum absolute atomic E-state index is 13.6. The summed E-state index contributed by atoms with van der Waals surface area (Å²) in [5, 5.41) is 10.9. The summed E-state index contributed by atoms with van der Waals surface area (Å²) >= 11 is 1.28. The van der Waals surface area contributed by atoms with Gasteiger partial charge in [-0.05, 0) is 30.0 Å². The molecular weight excluding hydrogens is 249 g/mol. The molecule has 0 aliphatic heterocycles. The number of hydrogen-bond acceptors (Lipinski definition) is 3. The van der Waals surface area contributed by atoms with Crippen LogP contribution in [0, 0.1) is 24.1 Å². The molecule has 18 heavy (non-hydrogen) atoms. The van der Waals surface area contributed by atoms with E-state index in [4.69, 9.17) is 5.26 Å². The standard InChI is InChI=1S/C14H10FNOS/c1-9-6-7-18-14(9)13(17)11(8-16)10-4-2-3-5-12(10)15/h2-7,11H,1H3. The molecule has 4 heteroatoms. The van der Waals surface area contributed by atoms with Crippen LogP contribution in [0.3, 0.4) is 0 Å². The van der Waals surface area contributed by atoms with Gasteiger partial charge in [-0.15, -0.1) is 11.3 Å². The molecule has 1 atom stereocenters. The molecule has 2 aromatic rings. The molecule has 1 aromatic heterocycles. The van der Waals surface area contributed by atoms with Gasteiger partial charge in [-0.2, -0.15) is 5.26 Å². The van der Waals surface area contributed by atoms with Crippen LogP contribution in [0.4, 0.5) is 4.39 Å². The third-order valence-electron chi connectivity index (χ3n) is 2.69. The molecule has 0 fully saturated rings. The number of ketones is 1. The van der Waals surface area contributed by atoms with E-state index in [1.807, 2.05) is 12.1 Å². The van der Waals surface area contributed by atoms with Crippen LogP contribution in [0.25, 0.3) is 0 Å². The van der Waals surface area contributed by atoms with E-state index in [-0.39, 0.29) is 11.3 Å². The molecule has 0 aliphatic carbocycles. The highest BCUT2D eigenvalue weighted by Gasteiger charge is 2.26. The summed E-state index contributed by atoms with van der Waals surface area (Å²) < 4.78 is 13.6. The van der Waals surface area contributed by atoms with Crippen LogP contribution in [0.1, 0.15) is 26.7 Å². The highest BCUT2D eigenvalue weighted by Crippen LogP contribution is 2.27. The first-order chi connectivity index (χ1) is 8.65. The molecule has 2 rings (SSSR count). The molecule has 1 unspecified atom stereocenters. The minimum Gasteiger partial charge on any atom is -0.291 e. The van der Waals surface area contributed by atoms with Gasteiger partial charge in [0.25, 0.3) is 0 Å². The number of nitrogens with zero attached hydrogens (tertiary/aromatic N) is 1. The highest BCUT2D eigenvalue weighted by molar-refractivity contribution is 7.12. The van der Waals surface area contributed by atoms with Gasteiger partial charge in [-0.25, -0.2) is 4.39 Å². The first-order valence-electron chi connectivity index (χ1n) is 5.37. The van der Waals surface area contributed by atoms with Crippen molar-refractivity contribution in [1.82, 2.24) is 0 Å². The molecule has 90 valence electrons. The summed E-state index contributed by atoms with van der Waals surface area (Å²) in [6.45, 7) is 1.81. The number of carbonyl (C=O) groups is 1. The van der Waals surface area contributed by atoms with Crippen LogP contribution in [0.15, 0.2) is 35.7 Å². The summed E-state index contributed by atoms with van der Waals surface area (Å²) in [5.41, 5.74) is 0.958. The Labute approximate surface area is 108 Å². The molecule has 0 saturated carbocycles. The van der Waals surface area contributed by atoms with E-state index in [0.717, 1.165) is 5.56 Å². The number of hydrogen-bond donors (Lipinski definition) is 0. The molecule has 0 spiro atoms. The van der Waals surface area contributed by atoms with Crippen LogP contribution in [-0.4, -0.2) is 5.78 Å². The maximum atomic E-state index is 13.6. The Morgan fingerprint density at radius 3 is 2.67 bits per heavy atom. The van der Waals surface area contributed by atoms with Crippen molar-refractivity contribution < 1.29 is 9.18 Å². The molecule has 1 heterocycles. The fraction of sp³-hybridized carbons (Fsp3) is 0.143. The molecule has 0 N–H and O–H groups in total. The van der Waals surface area contributed by atoms with Crippen molar-refractivity contribution in [1.29, 1.82) is 5.26 Å². The first kappa shape index (κ1) is 12.5. The Kier molecular flexibility index (Phi) is 3.54. The number of carbonyl (C=O) groups excluding carboxylic acids is 1. The average Bonchev–Trinajstić information content (AvgIpc) is 2.78. The quantitative estimate of drug-likeness (QED) is 0.789. The van der Waals surface area contributed by atoms with Gasteiger partial charge < -0.3 is 0 Å². The number of nitriles is 1. The Hall–Kier alpha value is -1.99. The Balaban J connectivity index is 2.43. The second-order valence-electron chi connectivity index (χ2n) is 3.88. The Bertz CT molecular complexity index is 627. The molecule has 2 nitrogen and oxygen atoms in total. The van der Waals surface area contributed by atoms with Crippen molar-refractivity contribution in [2.45, 2.75) is 12.8 Å². The summed E-state index contributed by atoms with van der Waals surface area (Å²) in [5.74, 6) is -1.94. The lowest BCUT2D eigenvalue weighted by atomic mass is 9.94. The van der Waals surface area contributed by atoms with Gasteiger partial charge in [0.05, 0.1) is 10.9 Å². The Morgan fingerprint density at radius 1 is 1.39 bits per heavy atom. The van der Waals surface area contributed by atoms with Gasteiger partial charge in [0.2, 0.25) is 0 Å². The second-order valence-corrected chi connectivity index (χ2v) is 4.80. The lowest BCUT2D eigenvalue weighted by Crippen LogP contribution is -2.12. The van der Waals surface area contributed by atoms with Crippen molar-refractivity contribution in [3.8, 4) is 6.07 Å². The molecule has 1 aromatic carbocycles. The van der Waals surface area contributed by atoms with Crippen molar-refractivity contribution in [3.05, 3.63) is 57.5 Å². The molecular formula is C14H10FNOS. The number of benzene rings is 1. The van der Waals surface area contributed by atoms with Crippen molar-refractivity contribution in [3.63, 3.8) is 0 Å². The second kappa shape index (κ2) is 5.11. The molecule has 0 aliphatic rings. The average molecular weight is 259 g/mol. The van der Waals surface area contributed by atoms with Crippen molar-refractivity contribution in [2.75, 3.05) is 0 Å². The third kappa shape index (κ3) is 2.18. The lowest BCUT2D eigenvalue weighted by Gasteiger charge is -2.08. The zero-order valence-electron chi connectivity index (χ0n) is 9.68. The van der Waals surface area contributed by atoms with Gasteiger partial charge in [0.15, 0.2) is 5.78 Å². The van der Waals surface area contributed by atoms with E-state index in [0.29, 0.717) is 4.88 Å². The zero-order valence-corrected chi connectivity index (χ0v) is 10.5. The summed E-state index contributed by atoms with van der Waals surface area (Å²) in [7, 11) is 0. The summed E-state index contributed by atoms with van der Waals surface area (Å²) in [4.78, 5) is 12.8. The Morgan fingerprint density at radius 2 is 2.11 bits per heavy atom. The van der Waals surface area contributed by atoms with Crippen LogP contribution < -0.4 is 0 Å². The van der Waals surface area contributed by atoms with Gasteiger partial charge in [-0.1, -0.05) is 18.2 Å². The third-order valence-corrected chi connectivity index (χ3v) is 3.72. The lowest BCUT2D eigenvalue weighted by molar-refractivity contribution is 0.0981. The number of Topliss-reactive ketones (excluding diaryl/α,β-unsaturated/α-hetero) is 1. The number of halogens is 1. The van der Waals surface area contributed by atoms with E-state index in [1.165, 1.54) is 29.5 Å². The van der Waals surface area contributed by atoms with Crippen LogP contribution >= 0.6 is 11.3 Å². The number of aryl methyl sites for hydroxylation is 1. The largest absolute Gasteiger partial charge is 0.291 e. The molecule has 0 bridgehead atoms. The molecule has 0 saturated heterocycles. The first-order valence-corrected chi connectivity index (χ1v) is 6.25. The zero-order chi connectivity index (χ0) is 13.1. The van der Waals surface area contributed by atoms with Gasteiger partial charge in [0, 0.05) is 5.56 Å². The van der Waals surface area contributed by atoms with Crippen molar-refractivity contribution in [2.24, 2.45) is 0 Å². The highest BCUT2D eigenvalue weighted by atomic mass is 32.1. The summed E-state index contributed by atoms with van der Waals surface area (Å²) in [6.07, 6.45) is 0. The van der Waals surface area contributed by atoms with Crippen LogP contribution in [0.5, 0.6) is 0 Å². The van der Waals surface area contributed by atoms with Gasteiger partial charge >= 0.3 is 0 Å². The van der Waals surface area contributed by atoms with E-state index in [1.54, 1.807) is 18.4 Å². The fourth-order valence-corrected chi connectivity index (χ4v) is 2.63. The van der Waals surface area contributed by atoms with Crippen LogP contribution in [-0.2, 0) is 0 Å². The minimum absolute atomic E-state index is 0.137.